The van der Waals surface area contributed by atoms with Crippen molar-refractivity contribution in [2.24, 2.45) is 0 Å². The van der Waals surface area contributed by atoms with Gasteiger partial charge in [0.15, 0.2) is 5.76 Å². The second-order valence-electron chi connectivity index (χ2n) is 7.50. The molecule has 2 aliphatic heterocycles. The lowest BCUT2D eigenvalue weighted by Gasteiger charge is -2.34. The average molecular weight is 378 g/mol. The summed E-state index contributed by atoms with van der Waals surface area (Å²) < 4.78 is 5.97. The number of hydrogen-bond donors (Lipinski definition) is 1. The molecule has 0 spiro atoms. The van der Waals surface area contributed by atoms with Gasteiger partial charge in [0.2, 0.25) is 5.78 Å². The normalized spacial score (nSPS) is 19.1. The van der Waals surface area contributed by atoms with E-state index in [4.69, 9.17) is 4.74 Å². The molecule has 0 saturated carbocycles. The summed E-state index contributed by atoms with van der Waals surface area (Å²) in [6, 6.07) is 11.2. The van der Waals surface area contributed by atoms with E-state index in [1.165, 1.54) is 0 Å². The molecule has 2 aromatic rings. The monoisotopic (exact) mass is 378 g/mol. The maximum atomic E-state index is 12.8. The van der Waals surface area contributed by atoms with Crippen molar-refractivity contribution in [2.75, 3.05) is 32.7 Å². The predicted molar refractivity (Wildman–Crippen MR) is 110 cm³/mol. The third kappa shape index (κ3) is 3.68. The van der Waals surface area contributed by atoms with Gasteiger partial charge in [-0.15, -0.1) is 0 Å². The predicted octanol–water partition coefficient (Wildman–Crippen LogP) is 3.45. The number of benzene rings is 2. The van der Waals surface area contributed by atoms with Crippen molar-refractivity contribution >= 4 is 11.9 Å². The number of ketones is 1. The molecular formula is C23H26N2O3. The number of aromatic hydroxyl groups is 1. The molecule has 2 aliphatic rings. The number of phenols is 1. The lowest BCUT2D eigenvalue weighted by Crippen LogP contribution is -2.45. The Balaban J connectivity index is 1.59. The summed E-state index contributed by atoms with van der Waals surface area (Å²) in [5.41, 5.74) is 3.28. The van der Waals surface area contributed by atoms with Gasteiger partial charge in [-0.25, -0.2) is 0 Å². The molecule has 146 valence electrons. The van der Waals surface area contributed by atoms with Crippen molar-refractivity contribution in [2.45, 2.75) is 20.4 Å². The summed E-state index contributed by atoms with van der Waals surface area (Å²) in [7, 11) is 0. The molecule has 0 radical (unpaired) electrons. The van der Waals surface area contributed by atoms with Crippen LogP contribution in [0, 0.1) is 6.92 Å². The fourth-order valence-corrected chi connectivity index (χ4v) is 3.85. The Kier molecular flexibility index (Phi) is 5.20. The fourth-order valence-electron chi connectivity index (χ4n) is 3.85. The van der Waals surface area contributed by atoms with Crippen molar-refractivity contribution in [1.82, 2.24) is 9.80 Å². The van der Waals surface area contributed by atoms with Crippen molar-refractivity contribution in [3.05, 3.63) is 64.4 Å². The van der Waals surface area contributed by atoms with Crippen LogP contribution in [0.2, 0.25) is 0 Å². The van der Waals surface area contributed by atoms with Crippen molar-refractivity contribution in [3.8, 4) is 11.5 Å². The minimum absolute atomic E-state index is 0.131. The number of nitrogens with zero attached hydrogens (tertiary/aromatic N) is 2. The van der Waals surface area contributed by atoms with Gasteiger partial charge in [-0.1, -0.05) is 36.8 Å². The SMILES string of the molecule is CCN1CCN(Cc2c(O)ccc3c2O/C(=C/c2cccc(C)c2)C3=O)CC1. The Morgan fingerprint density at radius 3 is 2.57 bits per heavy atom. The van der Waals surface area contributed by atoms with Crippen LogP contribution in [-0.4, -0.2) is 53.4 Å². The smallest absolute Gasteiger partial charge is 0.231 e. The molecule has 4 rings (SSSR count). The van der Waals surface area contributed by atoms with Gasteiger partial charge in [0.25, 0.3) is 0 Å². The van der Waals surface area contributed by atoms with Crippen LogP contribution in [0.4, 0.5) is 0 Å². The Bertz CT molecular complexity index is 927. The minimum atomic E-state index is -0.131. The van der Waals surface area contributed by atoms with Crippen LogP contribution >= 0.6 is 0 Å². The fraction of sp³-hybridized carbons (Fsp3) is 0.348. The molecule has 0 aliphatic carbocycles. The number of aryl methyl sites for hydroxylation is 1. The van der Waals surface area contributed by atoms with Gasteiger partial charge in [-0.2, -0.15) is 0 Å². The van der Waals surface area contributed by atoms with E-state index in [-0.39, 0.29) is 11.5 Å². The van der Waals surface area contributed by atoms with E-state index in [1.807, 2.05) is 31.2 Å². The molecule has 2 heterocycles. The molecule has 2 aromatic carbocycles. The maximum absolute atomic E-state index is 12.8. The maximum Gasteiger partial charge on any atom is 0.231 e. The van der Waals surface area contributed by atoms with Crippen LogP contribution in [-0.2, 0) is 6.54 Å². The zero-order valence-corrected chi connectivity index (χ0v) is 16.4. The van der Waals surface area contributed by atoms with Gasteiger partial charge in [-0.05, 0) is 37.2 Å². The number of fused-ring (bicyclic) bond motifs is 1. The first-order valence-electron chi connectivity index (χ1n) is 9.85. The number of Topliss-reactive ketones (excluding diaryl/α,β-unsaturated/α-hetero) is 1. The van der Waals surface area contributed by atoms with Crippen molar-refractivity contribution in [3.63, 3.8) is 0 Å². The van der Waals surface area contributed by atoms with Crippen LogP contribution < -0.4 is 4.74 Å². The number of phenolic OH excluding ortho intramolecular Hbond substituents is 1. The second kappa shape index (κ2) is 7.78. The number of carbonyl (C=O) groups is 1. The van der Waals surface area contributed by atoms with Gasteiger partial charge in [-0.3, -0.25) is 9.69 Å². The number of hydrogen-bond acceptors (Lipinski definition) is 5. The largest absolute Gasteiger partial charge is 0.507 e. The molecular weight excluding hydrogens is 352 g/mol. The van der Waals surface area contributed by atoms with Gasteiger partial charge in [0.05, 0.1) is 11.1 Å². The van der Waals surface area contributed by atoms with E-state index in [0.29, 0.717) is 29.2 Å². The third-order valence-electron chi connectivity index (χ3n) is 5.55. The first kappa shape index (κ1) is 18.7. The standard InChI is InChI=1S/C23H26N2O3/c1-3-24-9-11-25(12-10-24)15-19-20(26)8-7-18-22(27)21(28-23(18)19)14-17-6-4-5-16(2)13-17/h4-8,13-14,26H,3,9-12,15H2,1-2H3/b21-14+. The molecule has 5 heteroatoms. The van der Waals surface area contributed by atoms with Gasteiger partial charge < -0.3 is 14.7 Å². The highest BCUT2D eigenvalue weighted by Crippen LogP contribution is 2.40. The molecule has 0 aromatic heterocycles. The Morgan fingerprint density at radius 1 is 1.11 bits per heavy atom. The Morgan fingerprint density at radius 2 is 1.86 bits per heavy atom. The van der Waals surface area contributed by atoms with Gasteiger partial charge >= 0.3 is 0 Å². The first-order chi connectivity index (χ1) is 13.5. The quantitative estimate of drug-likeness (QED) is 0.826. The van der Waals surface area contributed by atoms with Crippen LogP contribution in [0.3, 0.4) is 0 Å². The molecule has 5 nitrogen and oxygen atoms in total. The lowest BCUT2D eigenvalue weighted by atomic mass is 10.0. The van der Waals surface area contributed by atoms with E-state index in [9.17, 15) is 9.90 Å². The topological polar surface area (TPSA) is 53.0 Å². The molecule has 0 amide bonds. The van der Waals surface area contributed by atoms with Gasteiger partial charge in [0.1, 0.15) is 11.5 Å². The molecule has 1 saturated heterocycles. The summed E-state index contributed by atoms with van der Waals surface area (Å²) >= 11 is 0. The van der Waals surface area contributed by atoms with Crippen molar-refractivity contribution < 1.29 is 14.6 Å². The summed E-state index contributed by atoms with van der Waals surface area (Å²) in [6.07, 6.45) is 1.77. The van der Waals surface area contributed by atoms with Crippen LogP contribution in [0.25, 0.3) is 6.08 Å². The number of carbonyl (C=O) groups excluding carboxylic acids is 1. The summed E-state index contributed by atoms with van der Waals surface area (Å²) in [5, 5.41) is 10.5. The third-order valence-corrected chi connectivity index (χ3v) is 5.55. The van der Waals surface area contributed by atoms with E-state index in [2.05, 4.69) is 16.7 Å². The van der Waals surface area contributed by atoms with E-state index in [1.54, 1.807) is 18.2 Å². The van der Waals surface area contributed by atoms with Crippen molar-refractivity contribution in [1.29, 1.82) is 0 Å². The molecule has 0 bridgehead atoms. The highest BCUT2D eigenvalue weighted by molar-refractivity contribution is 6.15. The van der Waals surface area contributed by atoms with Crippen LogP contribution in [0.5, 0.6) is 11.5 Å². The van der Waals surface area contributed by atoms with Crippen LogP contribution in [0.15, 0.2) is 42.2 Å². The zero-order valence-electron chi connectivity index (χ0n) is 16.4. The summed E-state index contributed by atoms with van der Waals surface area (Å²) in [4.78, 5) is 17.5. The Hall–Kier alpha value is -2.63. The molecule has 0 unspecified atom stereocenters. The highest BCUT2D eigenvalue weighted by atomic mass is 16.5. The van der Waals surface area contributed by atoms with E-state index < -0.39 is 0 Å². The minimum Gasteiger partial charge on any atom is -0.507 e. The number of piperazine rings is 1. The average Bonchev–Trinajstić information content (AvgIpc) is 3.00. The zero-order chi connectivity index (χ0) is 19.7. The summed E-state index contributed by atoms with van der Waals surface area (Å²) in [6.45, 7) is 9.75. The number of rotatable bonds is 4. The number of allylic oxidation sites excluding steroid dienone is 1. The number of likely N-dealkylation sites (N-methyl/N-ethyl adjacent to an activating group) is 1. The Labute approximate surface area is 165 Å². The second-order valence-corrected chi connectivity index (χ2v) is 7.50. The molecule has 1 N–H and O–H groups in total. The highest BCUT2D eigenvalue weighted by Gasteiger charge is 2.32. The summed E-state index contributed by atoms with van der Waals surface area (Å²) in [5.74, 6) is 0.861. The molecule has 28 heavy (non-hydrogen) atoms. The van der Waals surface area contributed by atoms with Crippen LogP contribution in [0.1, 0.15) is 34.0 Å². The van der Waals surface area contributed by atoms with E-state index in [0.717, 1.165) is 43.9 Å². The first-order valence-corrected chi connectivity index (χ1v) is 9.85. The molecule has 0 atom stereocenters. The molecule has 1 fully saturated rings. The van der Waals surface area contributed by atoms with Gasteiger partial charge in [0, 0.05) is 32.7 Å². The number of ether oxygens (including phenoxy) is 1. The lowest BCUT2D eigenvalue weighted by molar-refractivity contribution is 0.101. The van der Waals surface area contributed by atoms with E-state index >= 15 is 0 Å².